The minimum atomic E-state index is 0.388. The molecule has 0 radical (unpaired) electrons. The first-order valence-electron chi connectivity index (χ1n) is 5.95. The van der Waals surface area contributed by atoms with Gasteiger partial charge in [-0.25, -0.2) is 4.68 Å². The van der Waals surface area contributed by atoms with Gasteiger partial charge in [-0.3, -0.25) is 0 Å². The maximum atomic E-state index is 5.73. The maximum Gasteiger partial charge on any atom is 0.104 e. The quantitative estimate of drug-likeness (QED) is 0.837. The van der Waals surface area contributed by atoms with E-state index in [2.05, 4.69) is 42.0 Å². The summed E-state index contributed by atoms with van der Waals surface area (Å²) in [6, 6.07) is 8.27. The van der Waals surface area contributed by atoms with E-state index in [-0.39, 0.29) is 0 Å². The van der Waals surface area contributed by atoms with Crippen LogP contribution < -0.4 is 5.73 Å². The van der Waals surface area contributed by atoms with Gasteiger partial charge >= 0.3 is 0 Å². The van der Waals surface area contributed by atoms with Crippen LogP contribution in [0.1, 0.15) is 18.2 Å². The number of rotatable bonds is 4. The Kier molecular flexibility index (Phi) is 3.58. The Morgan fingerprint density at radius 2 is 2.22 bits per heavy atom. The predicted molar refractivity (Wildman–Crippen MR) is 72.9 cm³/mol. The van der Waals surface area contributed by atoms with Gasteiger partial charge in [0.05, 0.1) is 12.2 Å². The van der Waals surface area contributed by atoms with E-state index >= 15 is 0 Å². The van der Waals surface area contributed by atoms with E-state index in [1.54, 1.807) is 0 Å². The number of benzene rings is 1. The molecule has 18 heavy (non-hydrogen) atoms. The second-order valence-corrected chi connectivity index (χ2v) is 4.57. The van der Waals surface area contributed by atoms with Gasteiger partial charge in [0.25, 0.3) is 0 Å². The van der Waals surface area contributed by atoms with Crippen molar-refractivity contribution in [2.24, 2.45) is 5.73 Å². The van der Waals surface area contributed by atoms with Crippen LogP contribution in [-0.2, 0) is 13.1 Å². The molecule has 0 fully saturated rings. The summed E-state index contributed by atoms with van der Waals surface area (Å²) >= 11 is 0. The molecule has 94 valence electrons. The van der Waals surface area contributed by atoms with Crippen LogP contribution in [0.15, 0.2) is 36.4 Å². The van der Waals surface area contributed by atoms with E-state index in [0.29, 0.717) is 13.1 Å². The minimum Gasteiger partial charge on any atom is -0.325 e. The van der Waals surface area contributed by atoms with Crippen molar-refractivity contribution in [3.8, 4) is 11.3 Å². The van der Waals surface area contributed by atoms with Crippen LogP contribution in [0.3, 0.4) is 0 Å². The van der Waals surface area contributed by atoms with E-state index in [1.807, 2.05) is 17.7 Å². The average molecular weight is 242 g/mol. The zero-order valence-electron chi connectivity index (χ0n) is 10.8. The van der Waals surface area contributed by atoms with Gasteiger partial charge in [-0.05, 0) is 19.9 Å². The van der Waals surface area contributed by atoms with Gasteiger partial charge in [0.1, 0.15) is 5.69 Å². The van der Waals surface area contributed by atoms with Crippen LogP contribution in [0, 0.1) is 6.92 Å². The summed E-state index contributed by atoms with van der Waals surface area (Å²) < 4.78 is 1.86. The van der Waals surface area contributed by atoms with E-state index in [4.69, 9.17) is 5.73 Å². The summed E-state index contributed by atoms with van der Waals surface area (Å²) in [6.45, 7) is 9.01. The molecule has 0 aliphatic heterocycles. The Morgan fingerprint density at radius 3 is 2.83 bits per heavy atom. The van der Waals surface area contributed by atoms with Gasteiger partial charge in [-0.1, -0.05) is 41.1 Å². The highest BCUT2D eigenvalue weighted by atomic mass is 15.4. The number of aryl methyl sites for hydroxylation is 1. The van der Waals surface area contributed by atoms with Crippen molar-refractivity contribution in [3.05, 3.63) is 47.7 Å². The molecule has 2 rings (SSSR count). The summed E-state index contributed by atoms with van der Waals surface area (Å²) in [5.74, 6) is 0. The molecule has 0 spiro atoms. The fraction of sp³-hybridized carbons (Fsp3) is 0.286. The lowest BCUT2D eigenvalue weighted by molar-refractivity contribution is 0.648. The molecule has 0 amide bonds. The Labute approximate surface area is 107 Å². The highest BCUT2D eigenvalue weighted by molar-refractivity contribution is 5.62. The fourth-order valence-corrected chi connectivity index (χ4v) is 1.96. The lowest BCUT2D eigenvalue weighted by atomic mass is 10.1. The molecule has 4 heteroatoms. The van der Waals surface area contributed by atoms with Gasteiger partial charge in [0, 0.05) is 12.1 Å². The summed E-state index contributed by atoms with van der Waals surface area (Å²) in [5.41, 5.74) is 10.9. The average Bonchev–Trinajstić information content (AvgIpc) is 2.71. The highest BCUT2D eigenvalue weighted by Crippen LogP contribution is 2.23. The zero-order valence-corrected chi connectivity index (χ0v) is 10.8. The highest BCUT2D eigenvalue weighted by Gasteiger charge is 2.13. The maximum absolute atomic E-state index is 5.73. The molecule has 1 aromatic carbocycles. The lowest BCUT2D eigenvalue weighted by Gasteiger charge is -2.08. The third kappa shape index (κ3) is 2.49. The second kappa shape index (κ2) is 5.14. The molecule has 1 aromatic heterocycles. The molecule has 0 bridgehead atoms. The normalized spacial score (nSPS) is 10.6. The molecule has 0 unspecified atom stereocenters. The molecule has 0 saturated heterocycles. The molecule has 0 atom stereocenters. The molecule has 0 aliphatic carbocycles. The van der Waals surface area contributed by atoms with Gasteiger partial charge in [-0.15, -0.1) is 5.10 Å². The number of aromatic nitrogens is 3. The first kappa shape index (κ1) is 12.5. The number of hydrogen-bond acceptors (Lipinski definition) is 3. The largest absolute Gasteiger partial charge is 0.325 e. The number of nitrogens with zero attached hydrogens (tertiary/aromatic N) is 3. The first-order valence-corrected chi connectivity index (χ1v) is 5.95. The summed E-state index contributed by atoms with van der Waals surface area (Å²) in [7, 11) is 0. The van der Waals surface area contributed by atoms with Crippen LogP contribution in [0.5, 0.6) is 0 Å². The summed E-state index contributed by atoms with van der Waals surface area (Å²) in [4.78, 5) is 0. The van der Waals surface area contributed by atoms with Gasteiger partial charge in [0.2, 0.25) is 0 Å². The van der Waals surface area contributed by atoms with Crippen LogP contribution >= 0.6 is 0 Å². The zero-order chi connectivity index (χ0) is 13.1. The minimum absolute atomic E-state index is 0.388. The third-order valence-corrected chi connectivity index (χ3v) is 2.71. The van der Waals surface area contributed by atoms with Gasteiger partial charge < -0.3 is 5.73 Å². The molecular formula is C14H18N4. The smallest absolute Gasteiger partial charge is 0.104 e. The van der Waals surface area contributed by atoms with Crippen LogP contribution in [0.25, 0.3) is 11.3 Å². The monoisotopic (exact) mass is 242 g/mol. The molecular weight excluding hydrogens is 224 g/mol. The standard InChI is InChI=1S/C14H18N4/c1-10(2)9-18-14(13(8-15)16-17-18)12-6-4-5-11(3)7-12/h4-7H,1,8-9,15H2,2-3H3. The molecule has 0 saturated carbocycles. The second-order valence-electron chi connectivity index (χ2n) is 4.57. The number of hydrogen-bond donors (Lipinski definition) is 1. The Balaban J connectivity index is 2.53. The van der Waals surface area contributed by atoms with Crippen LogP contribution in [0.4, 0.5) is 0 Å². The summed E-state index contributed by atoms with van der Waals surface area (Å²) in [6.07, 6.45) is 0. The van der Waals surface area contributed by atoms with Crippen molar-refractivity contribution in [2.45, 2.75) is 26.9 Å². The predicted octanol–water partition coefficient (Wildman–Crippen LogP) is 2.29. The molecule has 4 nitrogen and oxygen atoms in total. The van der Waals surface area contributed by atoms with E-state index in [0.717, 1.165) is 22.5 Å². The molecule has 2 aromatic rings. The number of nitrogens with two attached hydrogens (primary N) is 1. The number of allylic oxidation sites excluding steroid dienone is 1. The molecule has 0 aliphatic rings. The lowest BCUT2D eigenvalue weighted by Crippen LogP contribution is -2.05. The third-order valence-electron chi connectivity index (χ3n) is 2.71. The Morgan fingerprint density at radius 1 is 1.44 bits per heavy atom. The van der Waals surface area contributed by atoms with E-state index < -0.39 is 0 Å². The van der Waals surface area contributed by atoms with Gasteiger partial charge in [-0.2, -0.15) is 0 Å². The SMILES string of the molecule is C=C(C)Cn1nnc(CN)c1-c1cccc(C)c1. The van der Waals surface area contributed by atoms with Crippen LogP contribution in [-0.4, -0.2) is 15.0 Å². The topological polar surface area (TPSA) is 56.7 Å². The van der Waals surface area contributed by atoms with Gasteiger partial charge in [0.15, 0.2) is 0 Å². The van der Waals surface area contributed by atoms with Crippen molar-refractivity contribution in [1.82, 2.24) is 15.0 Å². The fourth-order valence-electron chi connectivity index (χ4n) is 1.96. The van der Waals surface area contributed by atoms with Crippen LogP contribution in [0.2, 0.25) is 0 Å². The summed E-state index contributed by atoms with van der Waals surface area (Å²) in [5, 5.41) is 8.30. The molecule has 2 N–H and O–H groups in total. The van der Waals surface area contributed by atoms with Crippen molar-refractivity contribution >= 4 is 0 Å². The van der Waals surface area contributed by atoms with E-state index in [9.17, 15) is 0 Å². The van der Waals surface area contributed by atoms with Crippen molar-refractivity contribution in [3.63, 3.8) is 0 Å². The molecule has 1 heterocycles. The van der Waals surface area contributed by atoms with E-state index in [1.165, 1.54) is 5.56 Å². The Hall–Kier alpha value is -1.94. The van der Waals surface area contributed by atoms with Crippen molar-refractivity contribution in [2.75, 3.05) is 0 Å². The van der Waals surface area contributed by atoms with Crippen molar-refractivity contribution < 1.29 is 0 Å². The first-order chi connectivity index (χ1) is 8.61. The van der Waals surface area contributed by atoms with Crippen molar-refractivity contribution in [1.29, 1.82) is 0 Å². The Bertz CT molecular complexity index is 569.